The largest absolute Gasteiger partial charge is 0.424 e. The van der Waals surface area contributed by atoms with Crippen LogP contribution in [0.5, 0.6) is 0 Å². The summed E-state index contributed by atoms with van der Waals surface area (Å²) >= 11 is 0. The minimum atomic E-state index is 0.159. The molecule has 0 aliphatic rings. The zero-order valence-corrected chi connectivity index (χ0v) is 8.18. The van der Waals surface area contributed by atoms with Crippen LogP contribution in [0.3, 0.4) is 0 Å². The molecule has 70 valence electrons. The molecule has 0 aromatic carbocycles. The first-order valence-electron chi connectivity index (χ1n) is 4.89. The van der Waals surface area contributed by atoms with Crippen LogP contribution in [-0.4, -0.2) is 6.10 Å². The molecule has 0 aliphatic heterocycles. The van der Waals surface area contributed by atoms with E-state index in [4.69, 9.17) is 10.00 Å². The Kier molecular flexibility index (Phi) is 7.89. The summed E-state index contributed by atoms with van der Waals surface area (Å²) in [7, 11) is 0. The molecule has 0 spiro atoms. The lowest BCUT2D eigenvalue weighted by Crippen LogP contribution is -2.07. The summed E-state index contributed by atoms with van der Waals surface area (Å²) in [5, 5.41) is 8.30. The van der Waals surface area contributed by atoms with Crippen LogP contribution in [0.25, 0.3) is 0 Å². The van der Waals surface area contributed by atoms with Crippen LogP contribution in [0, 0.1) is 11.5 Å². The molecular weight excluding hydrogens is 150 g/mol. The molecule has 1 atom stereocenters. The summed E-state index contributed by atoms with van der Waals surface area (Å²) in [6.45, 7) is 4.25. The molecule has 0 aromatic heterocycles. The zero-order chi connectivity index (χ0) is 9.23. The Morgan fingerprint density at radius 3 is 2.50 bits per heavy atom. The molecular formula is C10H19NO. The third-order valence-electron chi connectivity index (χ3n) is 2.05. The lowest BCUT2D eigenvalue weighted by molar-refractivity contribution is 0.144. The molecule has 0 saturated heterocycles. The van der Waals surface area contributed by atoms with Gasteiger partial charge in [0.1, 0.15) is 6.10 Å². The minimum Gasteiger partial charge on any atom is -0.424 e. The number of ether oxygens (including phenoxy) is 1. The van der Waals surface area contributed by atoms with E-state index in [1.807, 2.05) is 0 Å². The SMILES string of the molecule is CCCCCCC(CC)OC#N. The van der Waals surface area contributed by atoms with Crippen LogP contribution in [0.2, 0.25) is 0 Å². The fourth-order valence-electron chi connectivity index (χ4n) is 1.22. The van der Waals surface area contributed by atoms with Gasteiger partial charge in [0.15, 0.2) is 0 Å². The molecule has 2 nitrogen and oxygen atoms in total. The van der Waals surface area contributed by atoms with Gasteiger partial charge in [-0.25, -0.2) is 0 Å². The number of hydrogen-bond acceptors (Lipinski definition) is 2. The van der Waals surface area contributed by atoms with Crippen molar-refractivity contribution < 1.29 is 4.74 Å². The summed E-state index contributed by atoms with van der Waals surface area (Å²) in [5.41, 5.74) is 0. The minimum absolute atomic E-state index is 0.159. The van der Waals surface area contributed by atoms with E-state index in [0.717, 1.165) is 12.8 Å². The fraction of sp³-hybridized carbons (Fsp3) is 0.900. The maximum atomic E-state index is 8.30. The Balaban J connectivity index is 3.26. The summed E-state index contributed by atoms with van der Waals surface area (Å²) in [6.07, 6.45) is 8.90. The maximum Gasteiger partial charge on any atom is 0.286 e. The predicted molar refractivity (Wildman–Crippen MR) is 49.5 cm³/mol. The Hall–Kier alpha value is -0.710. The highest BCUT2D eigenvalue weighted by molar-refractivity contribution is 4.61. The molecule has 1 unspecified atom stereocenters. The van der Waals surface area contributed by atoms with E-state index in [9.17, 15) is 0 Å². The van der Waals surface area contributed by atoms with Crippen molar-refractivity contribution in [1.29, 1.82) is 5.26 Å². The number of hydrogen-bond donors (Lipinski definition) is 0. The second kappa shape index (κ2) is 8.39. The lowest BCUT2D eigenvalue weighted by atomic mass is 10.1. The first-order chi connectivity index (χ1) is 5.85. The average Bonchev–Trinajstić information content (AvgIpc) is 2.10. The normalized spacial score (nSPS) is 12.1. The molecule has 0 bridgehead atoms. The summed E-state index contributed by atoms with van der Waals surface area (Å²) in [5.74, 6) is 0. The topological polar surface area (TPSA) is 33.0 Å². The highest BCUT2D eigenvalue weighted by atomic mass is 16.5. The number of rotatable bonds is 7. The molecule has 0 heterocycles. The number of nitrogens with zero attached hydrogens (tertiary/aromatic N) is 1. The van der Waals surface area contributed by atoms with Crippen molar-refractivity contribution in [2.75, 3.05) is 0 Å². The molecule has 0 fully saturated rings. The van der Waals surface area contributed by atoms with Crippen molar-refractivity contribution in [2.45, 2.75) is 58.5 Å². The molecule has 0 radical (unpaired) electrons. The van der Waals surface area contributed by atoms with Gasteiger partial charge < -0.3 is 4.74 Å². The van der Waals surface area contributed by atoms with Gasteiger partial charge in [0.05, 0.1) is 0 Å². The molecule has 0 saturated carbocycles. The first kappa shape index (κ1) is 11.3. The molecule has 12 heavy (non-hydrogen) atoms. The standard InChI is InChI=1S/C10H19NO/c1-3-5-6-7-8-10(4-2)12-9-11/h10H,3-8H2,1-2H3. The third-order valence-corrected chi connectivity index (χ3v) is 2.05. The maximum absolute atomic E-state index is 8.30. The van der Waals surface area contributed by atoms with E-state index in [-0.39, 0.29) is 6.10 Å². The van der Waals surface area contributed by atoms with E-state index >= 15 is 0 Å². The van der Waals surface area contributed by atoms with Crippen LogP contribution in [-0.2, 0) is 4.74 Å². The predicted octanol–water partition coefficient (Wildman–Crippen LogP) is 3.23. The summed E-state index contributed by atoms with van der Waals surface area (Å²) < 4.78 is 4.88. The van der Waals surface area contributed by atoms with Gasteiger partial charge in [0.25, 0.3) is 6.26 Å². The summed E-state index contributed by atoms with van der Waals surface area (Å²) in [4.78, 5) is 0. The Labute approximate surface area is 75.5 Å². The Bertz CT molecular complexity index is 128. The van der Waals surface area contributed by atoms with Crippen LogP contribution in [0.15, 0.2) is 0 Å². The van der Waals surface area contributed by atoms with E-state index in [2.05, 4.69) is 13.8 Å². The van der Waals surface area contributed by atoms with E-state index < -0.39 is 0 Å². The highest BCUT2D eigenvalue weighted by Crippen LogP contribution is 2.10. The number of unbranched alkanes of at least 4 members (excludes halogenated alkanes) is 3. The van der Waals surface area contributed by atoms with Crippen LogP contribution in [0.1, 0.15) is 52.4 Å². The van der Waals surface area contributed by atoms with E-state index in [0.29, 0.717) is 0 Å². The van der Waals surface area contributed by atoms with Crippen molar-refractivity contribution in [2.24, 2.45) is 0 Å². The van der Waals surface area contributed by atoms with Gasteiger partial charge in [-0.15, -0.1) is 0 Å². The Morgan fingerprint density at radius 2 is 2.00 bits per heavy atom. The quantitative estimate of drug-likeness (QED) is 0.433. The smallest absolute Gasteiger partial charge is 0.286 e. The average molecular weight is 169 g/mol. The summed E-state index contributed by atoms with van der Waals surface area (Å²) in [6, 6.07) is 0. The number of nitriles is 1. The highest BCUT2D eigenvalue weighted by Gasteiger charge is 2.05. The second-order valence-corrected chi connectivity index (χ2v) is 3.09. The van der Waals surface area contributed by atoms with Gasteiger partial charge in [0.2, 0.25) is 0 Å². The van der Waals surface area contributed by atoms with Gasteiger partial charge in [-0.05, 0) is 19.3 Å². The van der Waals surface area contributed by atoms with Crippen molar-refractivity contribution in [3.63, 3.8) is 0 Å². The molecule has 0 N–H and O–H groups in total. The van der Waals surface area contributed by atoms with Gasteiger partial charge >= 0.3 is 0 Å². The lowest BCUT2D eigenvalue weighted by Gasteiger charge is -2.10. The first-order valence-corrected chi connectivity index (χ1v) is 4.89. The fourth-order valence-corrected chi connectivity index (χ4v) is 1.22. The monoisotopic (exact) mass is 169 g/mol. The van der Waals surface area contributed by atoms with Gasteiger partial charge in [-0.3, -0.25) is 0 Å². The van der Waals surface area contributed by atoms with E-state index in [1.165, 1.54) is 25.7 Å². The van der Waals surface area contributed by atoms with Crippen molar-refractivity contribution in [3.05, 3.63) is 0 Å². The molecule has 0 amide bonds. The molecule has 0 rings (SSSR count). The van der Waals surface area contributed by atoms with Crippen LogP contribution < -0.4 is 0 Å². The van der Waals surface area contributed by atoms with Crippen LogP contribution in [0.4, 0.5) is 0 Å². The molecule has 0 aromatic rings. The van der Waals surface area contributed by atoms with E-state index in [1.54, 1.807) is 6.26 Å². The van der Waals surface area contributed by atoms with Gasteiger partial charge in [0, 0.05) is 0 Å². The molecule has 0 aliphatic carbocycles. The van der Waals surface area contributed by atoms with Crippen molar-refractivity contribution in [1.82, 2.24) is 0 Å². The third kappa shape index (κ3) is 6.03. The van der Waals surface area contributed by atoms with Gasteiger partial charge in [-0.1, -0.05) is 33.1 Å². The van der Waals surface area contributed by atoms with Crippen molar-refractivity contribution in [3.8, 4) is 6.26 Å². The Morgan fingerprint density at radius 1 is 1.25 bits per heavy atom. The van der Waals surface area contributed by atoms with Crippen molar-refractivity contribution >= 4 is 0 Å². The molecule has 2 heteroatoms. The second-order valence-electron chi connectivity index (χ2n) is 3.09. The van der Waals surface area contributed by atoms with Gasteiger partial charge in [-0.2, -0.15) is 5.26 Å². The van der Waals surface area contributed by atoms with Crippen LogP contribution >= 0.6 is 0 Å². The zero-order valence-electron chi connectivity index (χ0n) is 8.18.